The highest BCUT2D eigenvalue weighted by atomic mass is 32.2. The van der Waals surface area contributed by atoms with E-state index in [2.05, 4.69) is 0 Å². The molecule has 1 saturated carbocycles. The first-order chi connectivity index (χ1) is 5.93. The first kappa shape index (κ1) is 10.5. The Balaban J connectivity index is 2.86. The minimum Gasteiger partial charge on any atom is -0.369 e. The highest BCUT2D eigenvalue weighted by molar-refractivity contribution is 7.86. The van der Waals surface area contributed by atoms with E-state index in [1.54, 1.807) is 0 Å². The molecule has 1 amide bonds. The zero-order chi connectivity index (χ0) is 10.1. The van der Waals surface area contributed by atoms with Crippen molar-refractivity contribution >= 4 is 16.0 Å². The average molecular weight is 207 g/mol. The van der Waals surface area contributed by atoms with Gasteiger partial charge in [-0.15, -0.1) is 0 Å². The molecule has 0 saturated heterocycles. The lowest BCUT2D eigenvalue weighted by Crippen LogP contribution is -2.40. The maximum Gasteiger partial charge on any atom is 0.268 e. The summed E-state index contributed by atoms with van der Waals surface area (Å²) in [6.07, 6.45) is 2.29. The third-order valence-electron chi connectivity index (χ3n) is 2.45. The van der Waals surface area contributed by atoms with E-state index < -0.39 is 27.2 Å². The van der Waals surface area contributed by atoms with Crippen LogP contribution in [0.5, 0.6) is 0 Å². The first-order valence-corrected chi connectivity index (χ1v) is 5.69. The standard InChI is InChI=1S/C7H13NO4S/c8-7(9)5-3-1-2-4-6(5)13(10,11)12/h5-6H,1-4H2,(H2,8,9)(H,10,11,12). The molecule has 13 heavy (non-hydrogen) atoms. The summed E-state index contributed by atoms with van der Waals surface area (Å²) in [4.78, 5) is 10.9. The number of carbonyl (C=O) groups is 1. The quantitative estimate of drug-likeness (QED) is 0.619. The average Bonchev–Trinajstić information content (AvgIpc) is 2.03. The smallest absolute Gasteiger partial charge is 0.268 e. The number of rotatable bonds is 2. The predicted octanol–water partition coefficient (Wildman–Crippen LogP) is -0.0817. The van der Waals surface area contributed by atoms with E-state index in [4.69, 9.17) is 10.3 Å². The van der Waals surface area contributed by atoms with Gasteiger partial charge in [0.1, 0.15) is 0 Å². The van der Waals surface area contributed by atoms with Gasteiger partial charge in [-0.1, -0.05) is 12.8 Å². The number of hydrogen-bond acceptors (Lipinski definition) is 3. The molecular weight excluding hydrogens is 194 g/mol. The van der Waals surface area contributed by atoms with E-state index in [1.807, 2.05) is 0 Å². The lowest BCUT2D eigenvalue weighted by molar-refractivity contribution is -0.122. The van der Waals surface area contributed by atoms with Gasteiger partial charge < -0.3 is 5.73 Å². The largest absolute Gasteiger partial charge is 0.369 e. The Morgan fingerprint density at radius 3 is 2.23 bits per heavy atom. The van der Waals surface area contributed by atoms with Crippen LogP contribution >= 0.6 is 0 Å². The van der Waals surface area contributed by atoms with Crippen LogP contribution in [0.2, 0.25) is 0 Å². The summed E-state index contributed by atoms with van der Waals surface area (Å²) in [6, 6.07) is 0. The van der Waals surface area contributed by atoms with Crippen LogP contribution < -0.4 is 5.73 Å². The van der Waals surface area contributed by atoms with Crippen molar-refractivity contribution in [1.82, 2.24) is 0 Å². The molecular formula is C7H13NO4S. The fourth-order valence-electron chi connectivity index (χ4n) is 1.78. The summed E-state index contributed by atoms with van der Waals surface area (Å²) in [5, 5.41) is -0.987. The van der Waals surface area contributed by atoms with Crippen LogP contribution in [0.4, 0.5) is 0 Å². The number of nitrogens with two attached hydrogens (primary N) is 1. The minimum absolute atomic E-state index is 0.326. The molecule has 0 radical (unpaired) electrons. The molecule has 1 aliphatic rings. The molecule has 0 bridgehead atoms. The Labute approximate surface area is 77.1 Å². The second kappa shape index (κ2) is 3.63. The molecule has 0 aliphatic heterocycles. The van der Waals surface area contributed by atoms with Crippen LogP contribution in [0.25, 0.3) is 0 Å². The van der Waals surface area contributed by atoms with Crippen molar-refractivity contribution in [2.24, 2.45) is 11.7 Å². The molecule has 6 heteroatoms. The van der Waals surface area contributed by atoms with Gasteiger partial charge in [-0.2, -0.15) is 8.42 Å². The lowest BCUT2D eigenvalue weighted by Gasteiger charge is -2.26. The lowest BCUT2D eigenvalue weighted by atomic mass is 9.88. The van der Waals surface area contributed by atoms with E-state index in [0.717, 1.165) is 6.42 Å². The maximum absolute atomic E-state index is 10.9. The molecule has 2 atom stereocenters. The second-order valence-electron chi connectivity index (χ2n) is 3.35. The van der Waals surface area contributed by atoms with Crippen LogP contribution in [0.15, 0.2) is 0 Å². The van der Waals surface area contributed by atoms with Crippen LogP contribution in [-0.4, -0.2) is 24.1 Å². The summed E-state index contributed by atoms with van der Waals surface area (Å²) in [5.74, 6) is -1.36. The van der Waals surface area contributed by atoms with Crippen molar-refractivity contribution in [1.29, 1.82) is 0 Å². The molecule has 1 rings (SSSR count). The summed E-state index contributed by atoms with van der Waals surface area (Å²) < 4.78 is 30.5. The van der Waals surface area contributed by atoms with E-state index in [-0.39, 0.29) is 0 Å². The third kappa shape index (κ3) is 2.41. The fourth-order valence-corrected chi connectivity index (χ4v) is 2.93. The van der Waals surface area contributed by atoms with Gasteiger partial charge in [0, 0.05) is 0 Å². The Kier molecular flexibility index (Phi) is 2.92. The molecule has 0 spiro atoms. The normalized spacial score (nSPS) is 29.9. The molecule has 0 aromatic rings. The van der Waals surface area contributed by atoms with Crippen LogP contribution in [0.1, 0.15) is 25.7 Å². The van der Waals surface area contributed by atoms with E-state index >= 15 is 0 Å². The Morgan fingerprint density at radius 1 is 1.31 bits per heavy atom. The summed E-state index contributed by atoms with van der Waals surface area (Å²) in [5.41, 5.74) is 5.04. The zero-order valence-electron chi connectivity index (χ0n) is 7.14. The Bertz CT molecular complexity index is 298. The number of hydrogen-bond donors (Lipinski definition) is 2. The van der Waals surface area contributed by atoms with Gasteiger partial charge in [-0.25, -0.2) is 0 Å². The Morgan fingerprint density at radius 2 is 1.85 bits per heavy atom. The molecule has 76 valence electrons. The van der Waals surface area contributed by atoms with E-state index in [9.17, 15) is 13.2 Å². The minimum atomic E-state index is -4.12. The Hall–Kier alpha value is -0.620. The van der Waals surface area contributed by atoms with Crippen molar-refractivity contribution in [2.75, 3.05) is 0 Å². The molecule has 2 unspecified atom stereocenters. The first-order valence-electron chi connectivity index (χ1n) is 4.18. The van der Waals surface area contributed by atoms with Gasteiger partial charge in [0.05, 0.1) is 11.2 Å². The zero-order valence-corrected chi connectivity index (χ0v) is 7.96. The number of amides is 1. The van der Waals surface area contributed by atoms with Crippen molar-refractivity contribution in [2.45, 2.75) is 30.9 Å². The summed E-state index contributed by atoms with van der Waals surface area (Å²) in [7, 11) is -4.12. The number of carbonyl (C=O) groups excluding carboxylic acids is 1. The van der Waals surface area contributed by atoms with Crippen LogP contribution in [0.3, 0.4) is 0 Å². The SMILES string of the molecule is NC(=O)C1CCCCC1S(=O)(=O)O. The van der Waals surface area contributed by atoms with Crippen molar-refractivity contribution in [3.8, 4) is 0 Å². The third-order valence-corrected chi connectivity index (χ3v) is 3.78. The number of primary amides is 1. The summed E-state index contributed by atoms with van der Waals surface area (Å²) >= 11 is 0. The summed E-state index contributed by atoms with van der Waals surface area (Å²) in [6.45, 7) is 0. The van der Waals surface area contributed by atoms with Gasteiger partial charge in [-0.3, -0.25) is 9.35 Å². The predicted molar refractivity (Wildman–Crippen MR) is 46.5 cm³/mol. The molecule has 0 aromatic carbocycles. The molecule has 1 aliphatic carbocycles. The monoisotopic (exact) mass is 207 g/mol. The van der Waals surface area contributed by atoms with Crippen molar-refractivity contribution in [3.05, 3.63) is 0 Å². The molecule has 1 fully saturated rings. The highest BCUT2D eigenvalue weighted by Gasteiger charge is 2.37. The molecule has 3 N–H and O–H groups in total. The van der Waals surface area contributed by atoms with Gasteiger partial charge >= 0.3 is 0 Å². The van der Waals surface area contributed by atoms with Gasteiger partial charge in [0.2, 0.25) is 5.91 Å². The topological polar surface area (TPSA) is 97.5 Å². The van der Waals surface area contributed by atoms with Gasteiger partial charge in [0.25, 0.3) is 10.1 Å². The van der Waals surface area contributed by atoms with E-state index in [0.29, 0.717) is 19.3 Å². The van der Waals surface area contributed by atoms with E-state index in [1.165, 1.54) is 0 Å². The van der Waals surface area contributed by atoms with Crippen LogP contribution in [-0.2, 0) is 14.9 Å². The van der Waals surface area contributed by atoms with Gasteiger partial charge in [0.15, 0.2) is 0 Å². The van der Waals surface area contributed by atoms with Crippen LogP contribution in [0, 0.1) is 5.92 Å². The van der Waals surface area contributed by atoms with Gasteiger partial charge in [-0.05, 0) is 12.8 Å². The fraction of sp³-hybridized carbons (Fsp3) is 0.857. The second-order valence-corrected chi connectivity index (χ2v) is 4.98. The molecule has 0 aromatic heterocycles. The van der Waals surface area contributed by atoms with Crippen molar-refractivity contribution in [3.63, 3.8) is 0 Å². The highest BCUT2D eigenvalue weighted by Crippen LogP contribution is 2.28. The van der Waals surface area contributed by atoms with Crippen molar-refractivity contribution < 1.29 is 17.8 Å². The molecule has 0 heterocycles. The maximum atomic E-state index is 10.9. The molecule has 5 nitrogen and oxygen atoms in total.